The van der Waals surface area contributed by atoms with Gasteiger partial charge in [0.25, 0.3) is 0 Å². The number of aryl methyl sites for hydroxylation is 2. The zero-order valence-corrected chi connectivity index (χ0v) is 21.9. The molecule has 2 aromatic carbocycles. The van der Waals surface area contributed by atoms with Gasteiger partial charge in [-0.2, -0.15) is 0 Å². The Balaban J connectivity index is 1.51. The first-order valence-electron chi connectivity index (χ1n) is 12.8. The maximum absolute atomic E-state index is 13.7. The Labute approximate surface area is 214 Å². The number of aromatic nitrogens is 2. The molecule has 0 unspecified atom stereocenters. The van der Waals surface area contributed by atoms with Gasteiger partial charge in [0.05, 0.1) is 0 Å². The van der Waals surface area contributed by atoms with Gasteiger partial charge >= 0.3 is 0 Å². The molecule has 0 atom stereocenters. The van der Waals surface area contributed by atoms with Crippen LogP contribution in [0.15, 0.2) is 83.9 Å². The first-order chi connectivity index (χ1) is 17.3. The van der Waals surface area contributed by atoms with Gasteiger partial charge in [0.15, 0.2) is 5.78 Å². The molecular formula is C33H34N2O. The topological polar surface area (TPSA) is 26.9 Å². The molecule has 5 rings (SSSR count). The number of ketones is 1. The summed E-state index contributed by atoms with van der Waals surface area (Å²) in [7, 11) is 0. The molecule has 4 aromatic rings. The third kappa shape index (κ3) is 4.42. The minimum Gasteiger partial charge on any atom is -0.318 e. The van der Waals surface area contributed by atoms with Crippen LogP contribution in [0.5, 0.6) is 0 Å². The molecule has 36 heavy (non-hydrogen) atoms. The highest BCUT2D eigenvalue weighted by Gasteiger charge is 2.26. The summed E-state index contributed by atoms with van der Waals surface area (Å²) in [6, 6.07) is 25.2. The van der Waals surface area contributed by atoms with Gasteiger partial charge < -0.3 is 9.13 Å². The van der Waals surface area contributed by atoms with E-state index >= 15 is 0 Å². The predicted octanol–water partition coefficient (Wildman–Crippen LogP) is 7.97. The summed E-state index contributed by atoms with van der Waals surface area (Å²) >= 11 is 0. The lowest BCUT2D eigenvalue weighted by Gasteiger charge is -2.22. The van der Waals surface area contributed by atoms with Crippen LogP contribution in [0.3, 0.4) is 0 Å². The van der Waals surface area contributed by atoms with Gasteiger partial charge in [-0.05, 0) is 106 Å². The number of allylic oxidation sites excluding steroid dienone is 2. The standard InChI is InChI=1S/C33H34N2O/c1-22-16-29(20-27-18-23(2)34(25(27)4)31-12-8-6-9-13-31)33(36)30(17-22)21-28-19-24(3)35(26(28)5)32-14-10-7-11-15-32/h6-15,18-22H,16-17H2,1-5H3/b29-20-,30-21-. The minimum absolute atomic E-state index is 0.183. The number of Topliss-reactive ketones (excluding diaryl/α,β-unsaturated/α-hetero) is 1. The molecule has 2 heterocycles. The lowest BCUT2D eigenvalue weighted by atomic mass is 9.81. The maximum Gasteiger partial charge on any atom is 0.185 e. The number of carbonyl (C=O) groups is 1. The minimum atomic E-state index is 0.183. The van der Waals surface area contributed by atoms with E-state index in [1.54, 1.807) is 0 Å². The molecule has 2 aromatic heterocycles. The first kappa shape index (κ1) is 23.9. The van der Waals surface area contributed by atoms with E-state index in [4.69, 9.17) is 0 Å². The van der Waals surface area contributed by atoms with Crippen molar-refractivity contribution in [2.45, 2.75) is 47.5 Å². The van der Waals surface area contributed by atoms with Crippen LogP contribution in [0, 0.1) is 33.6 Å². The summed E-state index contributed by atoms with van der Waals surface area (Å²) in [6.45, 7) is 10.8. The number of benzene rings is 2. The second-order valence-electron chi connectivity index (χ2n) is 10.2. The summed E-state index contributed by atoms with van der Waals surface area (Å²) in [4.78, 5) is 13.7. The Bertz CT molecular complexity index is 1370. The number of para-hydroxylation sites is 2. The highest BCUT2D eigenvalue weighted by Crippen LogP contribution is 2.34. The van der Waals surface area contributed by atoms with Crippen LogP contribution < -0.4 is 0 Å². The molecule has 0 saturated heterocycles. The molecule has 1 aliphatic carbocycles. The molecule has 0 radical (unpaired) electrons. The molecule has 1 saturated carbocycles. The van der Waals surface area contributed by atoms with Crippen LogP contribution in [0.2, 0.25) is 0 Å². The molecule has 1 aliphatic rings. The van der Waals surface area contributed by atoms with Crippen LogP contribution in [0.25, 0.3) is 23.5 Å². The number of hydrogen-bond acceptors (Lipinski definition) is 1. The fourth-order valence-corrected chi connectivity index (χ4v) is 5.66. The molecule has 3 nitrogen and oxygen atoms in total. The van der Waals surface area contributed by atoms with Gasteiger partial charge in [-0.15, -0.1) is 0 Å². The molecule has 0 N–H and O–H groups in total. The van der Waals surface area contributed by atoms with Crippen LogP contribution >= 0.6 is 0 Å². The van der Waals surface area contributed by atoms with Crippen molar-refractivity contribution >= 4 is 17.9 Å². The first-order valence-corrected chi connectivity index (χ1v) is 12.8. The van der Waals surface area contributed by atoms with Gasteiger partial charge in [-0.1, -0.05) is 43.3 Å². The number of carbonyl (C=O) groups excluding carboxylic acids is 1. The van der Waals surface area contributed by atoms with E-state index in [0.717, 1.165) is 57.9 Å². The fraction of sp³-hybridized carbons (Fsp3) is 0.242. The Morgan fingerprint density at radius 3 is 1.44 bits per heavy atom. The van der Waals surface area contributed by atoms with Crippen molar-refractivity contribution in [1.29, 1.82) is 0 Å². The summed E-state index contributed by atoms with van der Waals surface area (Å²) in [5.41, 5.74) is 11.0. The highest BCUT2D eigenvalue weighted by molar-refractivity contribution is 6.14. The fourth-order valence-electron chi connectivity index (χ4n) is 5.66. The SMILES string of the molecule is Cc1cc(/C=C2/CC(C)C/C(=C/c3cc(C)n(-c4ccccc4)c3C)C2=O)c(C)n1-c1ccccc1. The van der Waals surface area contributed by atoms with Gasteiger partial charge in [0.2, 0.25) is 0 Å². The van der Waals surface area contributed by atoms with Crippen molar-refractivity contribution in [3.63, 3.8) is 0 Å². The number of hydrogen-bond donors (Lipinski definition) is 0. The van der Waals surface area contributed by atoms with Gasteiger partial charge in [0.1, 0.15) is 0 Å². The summed E-state index contributed by atoms with van der Waals surface area (Å²) in [5, 5.41) is 0. The summed E-state index contributed by atoms with van der Waals surface area (Å²) in [5.74, 6) is 0.609. The van der Waals surface area contributed by atoms with Crippen molar-refractivity contribution in [1.82, 2.24) is 9.13 Å². The van der Waals surface area contributed by atoms with Crippen LogP contribution in [-0.2, 0) is 4.79 Å². The monoisotopic (exact) mass is 474 g/mol. The smallest absolute Gasteiger partial charge is 0.185 e. The highest BCUT2D eigenvalue weighted by atomic mass is 16.1. The van der Waals surface area contributed by atoms with Crippen molar-refractivity contribution in [3.05, 3.63) is 118 Å². The zero-order valence-electron chi connectivity index (χ0n) is 21.9. The van der Waals surface area contributed by atoms with Crippen molar-refractivity contribution in [2.75, 3.05) is 0 Å². The molecule has 182 valence electrons. The maximum atomic E-state index is 13.7. The number of nitrogens with zero attached hydrogens (tertiary/aromatic N) is 2. The number of rotatable bonds is 4. The molecule has 3 heteroatoms. The second kappa shape index (κ2) is 9.66. The lowest BCUT2D eigenvalue weighted by Crippen LogP contribution is -2.18. The van der Waals surface area contributed by atoms with E-state index in [1.165, 1.54) is 11.4 Å². The largest absolute Gasteiger partial charge is 0.318 e. The van der Waals surface area contributed by atoms with Crippen molar-refractivity contribution < 1.29 is 4.79 Å². The predicted molar refractivity (Wildman–Crippen MR) is 150 cm³/mol. The van der Waals surface area contributed by atoms with E-state index < -0.39 is 0 Å². The van der Waals surface area contributed by atoms with E-state index in [0.29, 0.717) is 5.92 Å². The van der Waals surface area contributed by atoms with E-state index in [1.807, 2.05) is 12.1 Å². The summed E-state index contributed by atoms with van der Waals surface area (Å²) < 4.78 is 4.52. The van der Waals surface area contributed by atoms with Gasteiger partial charge in [0, 0.05) is 45.3 Å². The van der Waals surface area contributed by atoms with Crippen molar-refractivity contribution in [3.8, 4) is 11.4 Å². The normalized spacial score (nSPS) is 18.4. The Morgan fingerprint density at radius 1 is 0.667 bits per heavy atom. The van der Waals surface area contributed by atoms with Crippen molar-refractivity contribution in [2.24, 2.45) is 5.92 Å². The molecule has 0 amide bonds. The van der Waals surface area contributed by atoms with Gasteiger partial charge in [-0.25, -0.2) is 0 Å². The quantitative estimate of drug-likeness (QED) is 0.276. The molecule has 0 aliphatic heterocycles. The van der Waals surface area contributed by atoms with E-state index in [9.17, 15) is 4.79 Å². The van der Waals surface area contributed by atoms with Crippen LogP contribution in [0.1, 0.15) is 53.7 Å². The Morgan fingerprint density at radius 2 is 1.06 bits per heavy atom. The molecule has 0 bridgehead atoms. The molecule has 0 spiro atoms. The third-order valence-electron chi connectivity index (χ3n) is 7.35. The van der Waals surface area contributed by atoms with E-state index in [-0.39, 0.29) is 5.78 Å². The molecular weight excluding hydrogens is 440 g/mol. The van der Waals surface area contributed by atoms with E-state index in [2.05, 4.69) is 117 Å². The van der Waals surface area contributed by atoms with Gasteiger partial charge in [-0.3, -0.25) is 4.79 Å². The van der Waals surface area contributed by atoms with Crippen LogP contribution in [-0.4, -0.2) is 14.9 Å². The Kier molecular flexibility index (Phi) is 6.40. The lowest BCUT2D eigenvalue weighted by molar-refractivity contribution is -0.113. The molecule has 1 fully saturated rings. The average molecular weight is 475 g/mol. The average Bonchev–Trinajstić information content (AvgIpc) is 3.31. The van der Waals surface area contributed by atoms with Crippen LogP contribution in [0.4, 0.5) is 0 Å². The third-order valence-corrected chi connectivity index (χ3v) is 7.35. The Hall–Kier alpha value is -3.85. The second-order valence-corrected chi connectivity index (χ2v) is 10.2. The summed E-state index contributed by atoms with van der Waals surface area (Å²) in [6.07, 6.45) is 5.88. The zero-order chi connectivity index (χ0) is 25.4.